The normalized spacial score (nSPS) is 11.4. The first-order valence-corrected chi connectivity index (χ1v) is 7.10. The number of carbonyl (C=O) groups excluding carboxylic acids is 2. The molecule has 0 aliphatic rings. The molecule has 0 spiro atoms. The van der Waals surface area contributed by atoms with Crippen LogP contribution in [0.15, 0.2) is 61.2 Å². The lowest BCUT2D eigenvalue weighted by molar-refractivity contribution is -0.141. The molecule has 0 N–H and O–H groups in total. The predicted octanol–water partition coefficient (Wildman–Crippen LogP) is 3.58. The van der Waals surface area contributed by atoms with E-state index in [2.05, 4.69) is 6.58 Å². The van der Waals surface area contributed by atoms with Gasteiger partial charge in [0.1, 0.15) is 0 Å². The molecule has 1 atom stereocenters. The van der Waals surface area contributed by atoms with Crippen molar-refractivity contribution in [1.29, 1.82) is 0 Å². The highest BCUT2D eigenvalue weighted by Crippen LogP contribution is 2.29. The van der Waals surface area contributed by atoms with Gasteiger partial charge in [0.15, 0.2) is 0 Å². The van der Waals surface area contributed by atoms with Crippen LogP contribution in [0.4, 0.5) is 0 Å². The Balaban J connectivity index is 2.57. The molecule has 2 aromatic rings. The van der Waals surface area contributed by atoms with E-state index in [1.165, 1.54) is 20.3 Å². The fraction of sp³-hybridized carbons (Fsp3) is 0.158. The molecule has 0 heterocycles. The number of benzene rings is 2. The minimum Gasteiger partial charge on any atom is -0.468 e. The maximum Gasteiger partial charge on any atom is 0.338 e. The van der Waals surface area contributed by atoms with Crippen molar-refractivity contribution in [2.75, 3.05) is 14.2 Å². The van der Waals surface area contributed by atoms with Crippen LogP contribution >= 0.6 is 0 Å². The summed E-state index contributed by atoms with van der Waals surface area (Å²) in [6, 6.07) is 14.8. The van der Waals surface area contributed by atoms with Crippen LogP contribution in [0, 0.1) is 0 Å². The van der Waals surface area contributed by atoms with Crippen LogP contribution in [0.2, 0.25) is 0 Å². The lowest BCUT2D eigenvalue weighted by Gasteiger charge is -2.14. The van der Waals surface area contributed by atoms with Crippen LogP contribution in [0.3, 0.4) is 0 Å². The van der Waals surface area contributed by atoms with Gasteiger partial charge in [-0.3, -0.25) is 4.79 Å². The minimum absolute atomic E-state index is 0.395. The number of hydrogen-bond donors (Lipinski definition) is 0. The van der Waals surface area contributed by atoms with Crippen molar-refractivity contribution >= 4 is 11.9 Å². The Morgan fingerprint density at radius 1 is 1.04 bits per heavy atom. The number of rotatable bonds is 5. The Bertz CT molecular complexity index is 719. The lowest BCUT2D eigenvalue weighted by Crippen LogP contribution is -2.13. The van der Waals surface area contributed by atoms with Gasteiger partial charge in [0.05, 0.1) is 25.7 Å². The minimum atomic E-state index is -0.631. The SMILES string of the molecule is C=CC(C(=O)OC)c1ccc(-c2ccccc2)c(C(=O)OC)c1. The third-order valence-electron chi connectivity index (χ3n) is 3.58. The fourth-order valence-corrected chi connectivity index (χ4v) is 2.40. The summed E-state index contributed by atoms with van der Waals surface area (Å²) >= 11 is 0. The first kappa shape index (κ1) is 16.5. The quantitative estimate of drug-likeness (QED) is 0.625. The molecule has 0 bridgehead atoms. The van der Waals surface area contributed by atoms with E-state index < -0.39 is 17.9 Å². The molecule has 2 aromatic carbocycles. The number of esters is 2. The van der Waals surface area contributed by atoms with E-state index in [9.17, 15) is 9.59 Å². The third-order valence-corrected chi connectivity index (χ3v) is 3.58. The van der Waals surface area contributed by atoms with Gasteiger partial charge in [0, 0.05) is 0 Å². The molecule has 1 unspecified atom stereocenters. The topological polar surface area (TPSA) is 52.6 Å². The molecule has 0 aromatic heterocycles. The summed E-state index contributed by atoms with van der Waals surface area (Å²) in [6.45, 7) is 3.66. The van der Waals surface area contributed by atoms with E-state index in [1.807, 2.05) is 30.3 Å². The lowest BCUT2D eigenvalue weighted by atomic mass is 9.92. The number of hydrogen-bond acceptors (Lipinski definition) is 4. The molecule has 118 valence electrons. The number of ether oxygens (including phenoxy) is 2. The molecule has 0 fully saturated rings. The summed E-state index contributed by atoms with van der Waals surface area (Å²) < 4.78 is 9.65. The molecule has 0 radical (unpaired) electrons. The van der Waals surface area contributed by atoms with Crippen molar-refractivity contribution in [3.63, 3.8) is 0 Å². The molecule has 4 nitrogen and oxygen atoms in total. The molecule has 0 aliphatic heterocycles. The first-order valence-electron chi connectivity index (χ1n) is 7.10. The summed E-state index contributed by atoms with van der Waals surface area (Å²) in [5, 5.41) is 0. The monoisotopic (exact) mass is 310 g/mol. The highest BCUT2D eigenvalue weighted by molar-refractivity contribution is 5.98. The molecule has 2 rings (SSSR count). The molecular weight excluding hydrogens is 292 g/mol. The highest BCUT2D eigenvalue weighted by atomic mass is 16.5. The Kier molecular flexibility index (Phi) is 5.31. The van der Waals surface area contributed by atoms with Crippen molar-refractivity contribution in [1.82, 2.24) is 0 Å². The van der Waals surface area contributed by atoms with Crippen molar-refractivity contribution in [3.8, 4) is 11.1 Å². The smallest absolute Gasteiger partial charge is 0.338 e. The van der Waals surface area contributed by atoms with Gasteiger partial charge in [0.2, 0.25) is 0 Å². The van der Waals surface area contributed by atoms with Crippen LogP contribution in [0.1, 0.15) is 21.8 Å². The van der Waals surface area contributed by atoms with Crippen LogP contribution < -0.4 is 0 Å². The van der Waals surface area contributed by atoms with Crippen molar-refractivity contribution in [2.24, 2.45) is 0 Å². The largest absolute Gasteiger partial charge is 0.468 e. The molecule has 0 amide bonds. The molecule has 0 saturated carbocycles. The van der Waals surface area contributed by atoms with Gasteiger partial charge in [-0.2, -0.15) is 0 Å². The van der Waals surface area contributed by atoms with Crippen LogP contribution in [0.5, 0.6) is 0 Å². The summed E-state index contributed by atoms with van der Waals surface area (Å²) in [6.07, 6.45) is 1.49. The summed E-state index contributed by atoms with van der Waals surface area (Å²) in [5.74, 6) is -1.52. The van der Waals surface area contributed by atoms with E-state index in [0.717, 1.165) is 11.1 Å². The van der Waals surface area contributed by atoms with Gasteiger partial charge in [-0.25, -0.2) is 4.79 Å². The van der Waals surface area contributed by atoms with Gasteiger partial charge in [0.25, 0.3) is 0 Å². The van der Waals surface area contributed by atoms with Gasteiger partial charge in [-0.1, -0.05) is 48.5 Å². The molecule has 23 heavy (non-hydrogen) atoms. The summed E-state index contributed by atoms with van der Waals surface area (Å²) in [5.41, 5.74) is 2.67. The van der Waals surface area contributed by atoms with Crippen molar-refractivity contribution in [2.45, 2.75) is 5.92 Å². The van der Waals surface area contributed by atoms with E-state index in [4.69, 9.17) is 9.47 Å². The zero-order chi connectivity index (χ0) is 16.8. The number of methoxy groups -OCH3 is 2. The highest BCUT2D eigenvalue weighted by Gasteiger charge is 2.21. The van der Waals surface area contributed by atoms with Crippen LogP contribution in [0.25, 0.3) is 11.1 Å². The third kappa shape index (κ3) is 3.48. The molecule has 0 saturated heterocycles. The Morgan fingerprint density at radius 2 is 1.74 bits per heavy atom. The van der Waals surface area contributed by atoms with E-state index in [-0.39, 0.29) is 0 Å². The van der Waals surface area contributed by atoms with Crippen molar-refractivity contribution < 1.29 is 19.1 Å². The summed E-state index contributed by atoms with van der Waals surface area (Å²) in [7, 11) is 2.65. The van der Waals surface area contributed by atoms with Gasteiger partial charge in [-0.15, -0.1) is 6.58 Å². The molecular formula is C19H18O4. The zero-order valence-corrected chi connectivity index (χ0v) is 13.1. The molecule has 0 aliphatic carbocycles. The van der Waals surface area contributed by atoms with Crippen molar-refractivity contribution in [3.05, 3.63) is 72.3 Å². The maximum absolute atomic E-state index is 12.1. The Morgan fingerprint density at radius 3 is 2.30 bits per heavy atom. The van der Waals surface area contributed by atoms with E-state index in [1.54, 1.807) is 18.2 Å². The Hall–Kier alpha value is -2.88. The van der Waals surface area contributed by atoms with Gasteiger partial charge in [-0.05, 0) is 22.8 Å². The standard InChI is InChI=1S/C19H18O4/c1-4-15(18(20)22-2)14-10-11-16(13-8-6-5-7-9-13)17(12-14)19(21)23-3/h4-12,15H,1H2,2-3H3. The van der Waals surface area contributed by atoms with Gasteiger partial charge < -0.3 is 9.47 Å². The fourth-order valence-electron chi connectivity index (χ4n) is 2.40. The Labute approximate surface area is 135 Å². The molecule has 4 heteroatoms. The van der Waals surface area contributed by atoms with E-state index in [0.29, 0.717) is 11.1 Å². The maximum atomic E-state index is 12.1. The predicted molar refractivity (Wildman–Crippen MR) is 88.2 cm³/mol. The zero-order valence-electron chi connectivity index (χ0n) is 13.1. The average molecular weight is 310 g/mol. The van der Waals surface area contributed by atoms with Crippen LogP contribution in [-0.4, -0.2) is 26.2 Å². The first-order chi connectivity index (χ1) is 11.1. The summed E-state index contributed by atoms with van der Waals surface area (Å²) in [4.78, 5) is 24.0. The average Bonchev–Trinajstić information content (AvgIpc) is 2.62. The second-order valence-electron chi connectivity index (χ2n) is 4.90. The second kappa shape index (κ2) is 7.40. The van der Waals surface area contributed by atoms with Gasteiger partial charge >= 0.3 is 11.9 Å². The second-order valence-corrected chi connectivity index (χ2v) is 4.90. The van der Waals surface area contributed by atoms with E-state index >= 15 is 0 Å². The number of carbonyl (C=O) groups is 2. The van der Waals surface area contributed by atoms with Crippen LogP contribution in [-0.2, 0) is 14.3 Å².